The Morgan fingerprint density at radius 2 is 1.82 bits per heavy atom. The van der Waals surface area contributed by atoms with Gasteiger partial charge in [-0.15, -0.1) is 0 Å². The minimum atomic E-state index is -0.0994. The third-order valence-electron chi connectivity index (χ3n) is 6.06. The molecule has 1 N–H and O–H groups in total. The molecule has 1 unspecified atom stereocenters. The molecule has 0 saturated carbocycles. The van der Waals surface area contributed by atoms with Crippen molar-refractivity contribution in [3.8, 4) is 5.69 Å². The molecule has 1 saturated heterocycles. The molecule has 0 aliphatic carbocycles. The molecule has 3 aromatic rings. The number of nitrogens with zero attached hydrogens (tertiary/aromatic N) is 3. The number of hydrogen-bond donors (Lipinski definition) is 1. The lowest BCUT2D eigenvalue weighted by Crippen LogP contribution is -2.36. The number of anilines is 1. The van der Waals surface area contributed by atoms with Gasteiger partial charge < -0.3 is 15.0 Å². The Morgan fingerprint density at radius 1 is 1.12 bits per heavy atom. The SMILES string of the molecule is Cc1nn(-c2ccc(Cl)cc2Cl)c(C)c1CC(=O)NC(C)c1ccc(N2CCOCC2)cc1. The van der Waals surface area contributed by atoms with Crippen molar-refractivity contribution in [3.05, 3.63) is 75.0 Å². The molecule has 2 heterocycles. The third-order valence-corrected chi connectivity index (χ3v) is 6.60. The summed E-state index contributed by atoms with van der Waals surface area (Å²) in [5, 5.41) is 8.80. The normalized spacial score (nSPS) is 14.9. The summed E-state index contributed by atoms with van der Waals surface area (Å²) in [7, 11) is 0. The molecule has 1 aliphatic rings. The lowest BCUT2D eigenvalue weighted by Gasteiger charge is -2.29. The monoisotopic (exact) mass is 486 g/mol. The molecule has 174 valence electrons. The largest absolute Gasteiger partial charge is 0.378 e. The van der Waals surface area contributed by atoms with Crippen LogP contribution in [0, 0.1) is 13.8 Å². The van der Waals surface area contributed by atoms with Gasteiger partial charge in [-0.3, -0.25) is 4.79 Å². The fourth-order valence-corrected chi connectivity index (χ4v) is 4.64. The van der Waals surface area contributed by atoms with Gasteiger partial charge in [-0.1, -0.05) is 35.3 Å². The van der Waals surface area contributed by atoms with Crippen LogP contribution in [0.2, 0.25) is 10.0 Å². The van der Waals surface area contributed by atoms with Crippen molar-refractivity contribution in [2.75, 3.05) is 31.2 Å². The molecule has 1 atom stereocenters. The highest BCUT2D eigenvalue weighted by molar-refractivity contribution is 6.35. The van der Waals surface area contributed by atoms with Gasteiger partial charge in [0, 0.05) is 35.1 Å². The van der Waals surface area contributed by atoms with E-state index < -0.39 is 0 Å². The van der Waals surface area contributed by atoms with Crippen molar-refractivity contribution < 1.29 is 9.53 Å². The lowest BCUT2D eigenvalue weighted by molar-refractivity contribution is -0.121. The fourth-order valence-electron chi connectivity index (χ4n) is 4.15. The van der Waals surface area contributed by atoms with Crippen molar-refractivity contribution in [3.63, 3.8) is 0 Å². The fraction of sp³-hybridized carbons (Fsp3) is 0.360. The van der Waals surface area contributed by atoms with Gasteiger partial charge in [0.1, 0.15) is 0 Å². The van der Waals surface area contributed by atoms with E-state index in [1.807, 2.05) is 26.8 Å². The predicted octanol–water partition coefficient (Wildman–Crippen LogP) is 5.05. The van der Waals surface area contributed by atoms with Crippen LogP contribution in [0.25, 0.3) is 5.69 Å². The van der Waals surface area contributed by atoms with E-state index >= 15 is 0 Å². The minimum Gasteiger partial charge on any atom is -0.378 e. The van der Waals surface area contributed by atoms with E-state index in [2.05, 4.69) is 39.6 Å². The molecule has 1 aliphatic heterocycles. The first-order chi connectivity index (χ1) is 15.8. The molecule has 0 bridgehead atoms. The molecule has 4 rings (SSSR count). The van der Waals surface area contributed by atoms with Gasteiger partial charge in [0.2, 0.25) is 5.91 Å². The van der Waals surface area contributed by atoms with Crippen LogP contribution in [0.1, 0.15) is 35.5 Å². The predicted molar refractivity (Wildman–Crippen MR) is 133 cm³/mol. The zero-order valence-corrected chi connectivity index (χ0v) is 20.6. The quantitative estimate of drug-likeness (QED) is 0.529. The Kier molecular flexibility index (Phi) is 7.27. The Labute approximate surface area is 204 Å². The average Bonchev–Trinajstić information content (AvgIpc) is 3.08. The molecule has 0 radical (unpaired) electrons. The van der Waals surface area contributed by atoms with Crippen molar-refractivity contribution in [1.29, 1.82) is 0 Å². The maximum atomic E-state index is 12.9. The number of carbonyl (C=O) groups excluding carboxylic acids is 1. The number of hydrogen-bond acceptors (Lipinski definition) is 4. The highest BCUT2D eigenvalue weighted by Gasteiger charge is 2.19. The maximum Gasteiger partial charge on any atom is 0.225 e. The standard InChI is InChI=1S/C25H28Cl2N4O2/c1-16(19-4-7-21(8-5-19)30-10-12-33-13-11-30)28-25(32)15-22-17(2)29-31(18(22)3)24-9-6-20(26)14-23(24)27/h4-9,14,16H,10-13,15H2,1-3H3,(H,28,32). The van der Waals surface area contributed by atoms with Gasteiger partial charge in [-0.05, 0) is 56.7 Å². The second-order valence-electron chi connectivity index (χ2n) is 8.31. The summed E-state index contributed by atoms with van der Waals surface area (Å²) in [5.74, 6) is -0.0484. The highest BCUT2D eigenvalue weighted by atomic mass is 35.5. The molecule has 33 heavy (non-hydrogen) atoms. The number of halogens is 2. The van der Waals surface area contributed by atoms with Crippen LogP contribution in [-0.4, -0.2) is 42.0 Å². The summed E-state index contributed by atoms with van der Waals surface area (Å²) < 4.78 is 7.19. The number of ether oxygens (including phenoxy) is 1. The van der Waals surface area contributed by atoms with E-state index in [4.69, 9.17) is 27.9 Å². The first-order valence-corrected chi connectivity index (χ1v) is 11.8. The van der Waals surface area contributed by atoms with Crippen LogP contribution >= 0.6 is 23.2 Å². The number of rotatable bonds is 6. The summed E-state index contributed by atoms with van der Waals surface area (Å²) in [6, 6.07) is 13.6. The first-order valence-electron chi connectivity index (χ1n) is 11.1. The number of carbonyl (C=O) groups is 1. The number of aromatic nitrogens is 2. The Morgan fingerprint density at radius 3 is 2.48 bits per heavy atom. The van der Waals surface area contributed by atoms with Gasteiger partial charge in [-0.2, -0.15) is 5.10 Å². The zero-order valence-electron chi connectivity index (χ0n) is 19.1. The summed E-state index contributed by atoms with van der Waals surface area (Å²) in [6.07, 6.45) is 0.249. The molecular weight excluding hydrogens is 459 g/mol. The third kappa shape index (κ3) is 5.35. The smallest absolute Gasteiger partial charge is 0.225 e. The van der Waals surface area contributed by atoms with Gasteiger partial charge in [0.15, 0.2) is 0 Å². The van der Waals surface area contributed by atoms with Crippen LogP contribution in [0.3, 0.4) is 0 Å². The van der Waals surface area contributed by atoms with Crippen LogP contribution in [0.4, 0.5) is 5.69 Å². The van der Waals surface area contributed by atoms with Crippen LogP contribution in [-0.2, 0) is 16.0 Å². The van der Waals surface area contributed by atoms with Crippen molar-refractivity contribution >= 4 is 34.8 Å². The average molecular weight is 487 g/mol. The Hall–Kier alpha value is -2.54. The number of amides is 1. The van der Waals surface area contributed by atoms with Crippen LogP contribution < -0.4 is 10.2 Å². The second-order valence-corrected chi connectivity index (χ2v) is 9.16. The number of nitrogens with one attached hydrogen (secondary N) is 1. The number of morpholine rings is 1. The molecule has 2 aromatic carbocycles. The first kappa shape index (κ1) is 23.6. The molecule has 6 nitrogen and oxygen atoms in total. The van der Waals surface area contributed by atoms with Crippen LogP contribution in [0.5, 0.6) is 0 Å². The van der Waals surface area contributed by atoms with Crippen molar-refractivity contribution in [2.24, 2.45) is 0 Å². The van der Waals surface area contributed by atoms with Gasteiger partial charge in [0.25, 0.3) is 0 Å². The van der Waals surface area contributed by atoms with Crippen molar-refractivity contribution in [2.45, 2.75) is 33.2 Å². The minimum absolute atomic E-state index is 0.0484. The highest BCUT2D eigenvalue weighted by Crippen LogP contribution is 2.27. The van der Waals surface area contributed by atoms with E-state index in [1.165, 1.54) is 5.69 Å². The molecule has 1 fully saturated rings. The lowest BCUT2D eigenvalue weighted by atomic mass is 10.1. The molecular formula is C25H28Cl2N4O2. The van der Waals surface area contributed by atoms with E-state index in [1.54, 1.807) is 16.8 Å². The van der Waals surface area contributed by atoms with Gasteiger partial charge >= 0.3 is 0 Å². The van der Waals surface area contributed by atoms with Gasteiger partial charge in [-0.25, -0.2) is 4.68 Å². The number of aryl methyl sites for hydroxylation is 1. The van der Waals surface area contributed by atoms with E-state index in [-0.39, 0.29) is 18.4 Å². The summed E-state index contributed by atoms with van der Waals surface area (Å²) in [6.45, 7) is 9.17. The molecule has 8 heteroatoms. The maximum absolute atomic E-state index is 12.9. The van der Waals surface area contributed by atoms with E-state index in [9.17, 15) is 4.79 Å². The Bertz CT molecular complexity index is 1140. The Balaban J connectivity index is 1.43. The van der Waals surface area contributed by atoms with E-state index in [0.717, 1.165) is 54.5 Å². The molecule has 0 spiro atoms. The number of benzene rings is 2. The summed E-state index contributed by atoms with van der Waals surface area (Å²) >= 11 is 12.4. The molecule has 1 amide bonds. The summed E-state index contributed by atoms with van der Waals surface area (Å²) in [5.41, 5.74) is 5.57. The van der Waals surface area contributed by atoms with Gasteiger partial charge in [0.05, 0.1) is 42.1 Å². The summed E-state index contributed by atoms with van der Waals surface area (Å²) in [4.78, 5) is 15.2. The van der Waals surface area contributed by atoms with Crippen LogP contribution in [0.15, 0.2) is 42.5 Å². The molecule has 1 aromatic heterocycles. The van der Waals surface area contributed by atoms with Crippen molar-refractivity contribution in [1.82, 2.24) is 15.1 Å². The van der Waals surface area contributed by atoms with E-state index in [0.29, 0.717) is 10.0 Å². The topological polar surface area (TPSA) is 59.4 Å². The zero-order chi connectivity index (χ0) is 23.5. The second kappa shape index (κ2) is 10.2.